The molecule has 1 aromatic heterocycles. The number of hydrogen-bond acceptors (Lipinski definition) is 4. The highest BCUT2D eigenvalue weighted by Gasteiger charge is 2.36. The van der Waals surface area contributed by atoms with E-state index < -0.39 is 5.60 Å². The van der Waals surface area contributed by atoms with Crippen molar-refractivity contribution in [3.8, 4) is 5.75 Å². The van der Waals surface area contributed by atoms with E-state index in [4.69, 9.17) is 4.74 Å². The molecule has 2 aromatic carbocycles. The van der Waals surface area contributed by atoms with Crippen molar-refractivity contribution in [1.82, 2.24) is 14.9 Å². The molecule has 0 saturated carbocycles. The second-order valence-electron chi connectivity index (χ2n) is 6.79. The molecule has 1 saturated heterocycles. The average Bonchev–Trinajstić information content (AvgIpc) is 3.14. The molecule has 1 atom stereocenters. The first-order chi connectivity index (χ1) is 12.6. The van der Waals surface area contributed by atoms with Crippen LogP contribution in [-0.2, 0) is 0 Å². The van der Waals surface area contributed by atoms with Crippen LogP contribution < -0.4 is 4.74 Å². The third kappa shape index (κ3) is 3.41. The lowest BCUT2D eigenvalue weighted by molar-refractivity contribution is -0.0531. The Morgan fingerprint density at radius 3 is 2.96 bits per heavy atom. The molecule has 1 aliphatic heterocycles. The first-order valence-corrected chi connectivity index (χ1v) is 8.76. The molecule has 6 nitrogen and oxygen atoms in total. The maximum atomic E-state index is 12.9. The molecule has 1 unspecified atom stereocenters. The van der Waals surface area contributed by atoms with Crippen molar-refractivity contribution < 1.29 is 14.6 Å². The van der Waals surface area contributed by atoms with E-state index in [2.05, 4.69) is 9.97 Å². The van der Waals surface area contributed by atoms with Gasteiger partial charge in [0.2, 0.25) is 0 Å². The number of imidazole rings is 1. The van der Waals surface area contributed by atoms with Crippen molar-refractivity contribution in [3.05, 3.63) is 60.4 Å². The van der Waals surface area contributed by atoms with Crippen molar-refractivity contribution in [2.24, 2.45) is 0 Å². The smallest absolute Gasteiger partial charge is 0.254 e. The summed E-state index contributed by atoms with van der Waals surface area (Å²) in [4.78, 5) is 21.8. The number of aliphatic hydroxyl groups is 1. The minimum Gasteiger partial charge on any atom is -0.491 e. The number of carbonyl (C=O) groups is 1. The number of β-amino-alcohol motifs (C(OH)–C–C–N with tert-alkyl or cyclic N) is 1. The molecule has 0 aliphatic carbocycles. The second kappa shape index (κ2) is 6.80. The number of rotatable bonds is 4. The molecular weight excluding hydrogens is 330 g/mol. The van der Waals surface area contributed by atoms with E-state index in [1.54, 1.807) is 23.4 Å². The highest BCUT2D eigenvalue weighted by molar-refractivity contribution is 5.97. The van der Waals surface area contributed by atoms with E-state index in [1.807, 2.05) is 36.4 Å². The number of nitrogens with one attached hydrogen (secondary N) is 1. The number of likely N-dealkylation sites (tertiary alicyclic amines) is 1. The van der Waals surface area contributed by atoms with E-state index in [-0.39, 0.29) is 19.1 Å². The number of H-pyrrole nitrogens is 1. The second-order valence-corrected chi connectivity index (χ2v) is 6.79. The van der Waals surface area contributed by atoms with Gasteiger partial charge in [-0.25, -0.2) is 4.98 Å². The lowest BCUT2D eigenvalue weighted by atomic mass is 9.93. The average molecular weight is 351 g/mol. The molecule has 6 heteroatoms. The van der Waals surface area contributed by atoms with Gasteiger partial charge >= 0.3 is 0 Å². The number of para-hydroxylation sites is 1. The monoisotopic (exact) mass is 351 g/mol. The number of piperidine rings is 1. The van der Waals surface area contributed by atoms with Gasteiger partial charge in [-0.05, 0) is 43.2 Å². The van der Waals surface area contributed by atoms with Gasteiger partial charge in [-0.1, -0.05) is 18.2 Å². The molecule has 0 radical (unpaired) electrons. The number of fused-ring (bicyclic) bond motifs is 1. The standard InChI is InChI=1S/C20H21N3O3/c24-19(15-7-8-17-18(11-15)22-14-21-17)23-10-4-9-20(25,12-23)13-26-16-5-2-1-3-6-16/h1-3,5-8,11,14,25H,4,9-10,12-13H2,(H,21,22). The Balaban J connectivity index is 1.45. The maximum Gasteiger partial charge on any atom is 0.254 e. The van der Waals surface area contributed by atoms with Crippen molar-refractivity contribution in [2.45, 2.75) is 18.4 Å². The first kappa shape index (κ1) is 16.6. The molecule has 1 fully saturated rings. The highest BCUT2D eigenvalue weighted by atomic mass is 16.5. The van der Waals surface area contributed by atoms with Gasteiger partial charge in [-0.15, -0.1) is 0 Å². The van der Waals surface area contributed by atoms with Crippen LogP contribution >= 0.6 is 0 Å². The Kier molecular flexibility index (Phi) is 4.34. The van der Waals surface area contributed by atoms with Gasteiger partial charge in [-0.3, -0.25) is 4.79 Å². The maximum absolute atomic E-state index is 12.9. The quantitative estimate of drug-likeness (QED) is 0.757. The summed E-state index contributed by atoms with van der Waals surface area (Å²) in [5, 5.41) is 10.9. The molecule has 1 amide bonds. The zero-order valence-electron chi connectivity index (χ0n) is 14.4. The summed E-state index contributed by atoms with van der Waals surface area (Å²) >= 11 is 0. The van der Waals surface area contributed by atoms with Crippen LogP contribution in [0.4, 0.5) is 0 Å². The largest absolute Gasteiger partial charge is 0.491 e. The Hall–Kier alpha value is -2.86. The lowest BCUT2D eigenvalue weighted by Crippen LogP contribution is -2.53. The number of aromatic amines is 1. The van der Waals surface area contributed by atoms with Crippen LogP contribution in [0.3, 0.4) is 0 Å². The summed E-state index contributed by atoms with van der Waals surface area (Å²) in [6, 6.07) is 14.8. The first-order valence-electron chi connectivity index (χ1n) is 8.76. The Labute approximate surface area is 151 Å². The molecule has 0 bridgehead atoms. The fraction of sp³-hybridized carbons (Fsp3) is 0.300. The zero-order chi connectivity index (χ0) is 18.0. The predicted octanol–water partition coefficient (Wildman–Crippen LogP) is 2.61. The van der Waals surface area contributed by atoms with Crippen LogP contribution in [0.25, 0.3) is 11.0 Å². The number of hydrogen-bond donors (Lipinski definition) is 2. The van der Waals surface area contributed by atoms with Gasteiger partial charge in [0, 0.05) is 12.1 Å². The van der Waals surface area contributed by atoms with E-state index in [0.29, 0.717) is 24.3 Å². The highest BCUT2D eigenvalue weighted by Crippen LogP contribution is 2.24. The normalized spacial score (nSPS) is 20.3. The summed E-state index contributed by atoms with van der Waals surface area (Å²) in [7, 11) is 0. The van der Waals surface area contributed by atoms with Gasteiger partial charge in [-0.2, -0.15) is 0 Å². The minimum absolute atomic E-state index is 0.0839. The van der Waals surface area contributed by atoms with Crippen LogP contribution in [0.1, 0.15) is 23.2 Å². The van der Waals surface area contributed by atoms with Gasteiger partial charge in [0.25, 0.3) is 5.91 Å². The lowest BCUT2D eigenvalue weighted by Gasteiger charge is -2.39. The molecule has 3 aromatic rings. The van der Waals surface area contributed by atoms with Crippen LogP contribution in [0, 0.1) is 0 Å². The van der Waals surface area contributed by atoms with E-state index in [0.717, 1.165) is 17.5 Å². The van der Waals surface area contributed by atoms with Crippen molar-refractivity contribution in [1.29, 1.82) is 0 Å². The minimum atomic E-state index is -1.04. The Bertz CT molecular complexity index is 909. The number of benzene rings is 2. The SMILES string of the molecule is O=C(c1ccc2nc[nH]c2c1)N1CCCC(O)(COc2ccccc2)C1. The van der Waals surface area contributed by atoms with Crippen molar-refractivity contribution in [3.63, 3.8) is 0 Å². The fourth-order valence-corrected chi connectivity index (χ4v) is 3.39. The van der Waals surface area contributed by atoms with Gasteiger partial charge < -0.3 is 19.7 Å². The van der Waals surface area contributed by atoms with Crippen LogP contribution in [0.15, 0.2) is 54.9 Å². The van der Waals surface area contributed by atoms with Crippen molar-refractivity contribution in [2.75, 3.05) is 19.7 Å². The number of amides is 1. The fourth-order valence-electron chi connectivity index (χ4n) is 3.39. The van der Waals surface area contributed by atoms with Crippen LogP contribution in [-0.4, -0.2) is 51.2 Å². The van der Waals surface area contributed by atoms with Crippen LogP contribution in [0.2, 0.25) is 0 Å². The van der Waals surface area contributed by atoms with E-state index >= 15 is 0 Å². The number of carbonyl (C=O) groups excluding carboxylic acids is 1. The Morgan fingerprint density at radius 1 is 1.27 bits per heavy atom. The van der Waals surface area contributed by atoms with E-state index in [9.17, 15) is 9.90 Å². The van der Waals surface area contributed by atoms with Gasteiger partial charge in [0.1, 0.15) is 18.0 Å². The summed E-state index contributed by atoms with van der Waals surface area (Å²) in [6.45, 7) is 1.06. The molecule has 134 valence electrons. The van der Waals surface area contributed by atoms with E-state index in [1.165, 1.54) is 0 Å². The molecule has 2 N–H and O–H groups in total. The number of nitrogens with zero attached hydrogens (tertiary/aromatic N) is 2. The van der Waals surface area contributed by atoms with Gasteiger partial charge in [0.15, 0.2) is 0 Å². The van der Waals surface area contributed by atoms with Crippen LogP contribution in [0.5, 0.6) is 5.75 Å². The summed E-state index contributed by atoms with van der Waals surface area (Å²) in [5.41, 5.74) is 1.21. The topological polar surface area (TPSA) is 78.5 Å². The van der Waals surface area contributed by atoms with Gasteiger partial charge in [0.05, 0.1) is 23.9 Å². The third-order valence-electron chi connectivity index (χ3n) is 4.76. The number of aromatic nitrogens is 2. The molecule has 2 heterocycles. The zero-order valence-corrected chi connectivity index (χ0v) is 14.4. The summed E-state index contributed by atoms with van der Waals surface area (Å²) in [5.74, 6) is 0.633. The Morgan fingerprint density at radius 2 is 2.12 bits per heavy atom. The summed E-state index contributed by atoms with van der Waals surface area (Å²) in [6.07, 6.45) is 2.97. The van der Waals surface area contributed by atoms with Crippen molar-refractivity contribution >= 4 is 16.9 Å². The molecular formula is C20H21N3O3. The molecule has 4 rings (SSSR count). The third-order valence-corrected chi connectivity index (χ3v) is 4.76. The molecule has 0 spiro atoms. The predicted molar refractivity (Wildman–Crippen MR) is 98.1 cm³/mol. The number of ether oxygens (including phenoxy) is 1. The molecule has 1 aliphatic rings. The summed E-state index contributed by atoms with van der Waals surface area (Å²) < 4.78 is 5.73. The molecule has 26 heavy (non-hydrogen) atoms.